The lowest BCUT2D eigenvalue weighted by molar-refractivity contribution is -0.137. The molecular weight excluding hydrogens is 329 g/mol. The van der Waals surface area contributed by atoms with Crippen LogP contribution in [0.25, 0.3) is 0 Å². The minimum atomic E-state index is -4.30. The van der Waals surface area contributed by atoms with Crippen molar-refractivity contribution in [3.8, 4) is 0 Å². The van der Waals surface area contributed by atoms with Gasteiger partial charge in [-0.05, 0) is 50.0 Å². The molecule has 0 amide bonds. The zero-order valence-corrected chi connectivity index (χ0v) is 14.9. The first-order chi connectivity index (χ1) is 11.9. The fraction of sp³-hybridized carbons (Fsp3) is 0.611. The van der Waals surface area contributed by atoms with Crippen molar-refractivity contribution in [1.82, 2.24) is 15.5 Å². The molecule has 0 bridgehead atoms. The number of benzene rings is 1. The second kappa shape index (κ2) is 9.08. The normalized spacial score (nSPS) is 19.2. The maximum atomic E-state index is 12.6. The molecule has 0 saturated carbocycles. The van der Waals surface area contributed by atoms with Gasteiger partial charge in [-0.15, -0.1) is 0 Å². The molecule has 1 aromatic rings. The zero-order valence-electron chi connectivity index (χ0n) is 14.9. The summed E-state index contributed by atoms with van der Waals surface area (Å²) >= 11 is 0. The Morgan fingerprint density at radius 3 is 2.48 bits per heavy atom. The monoisotopic (exact) mass is 356 g/mol. The van der Waals surface area contributed by atoms with E-state index in [9.17, 15) is 13.2 Å². The zero-order chi connectivity index (χ0) is 18.3. The van der Waals surface area contributed by atoms with Gasteiger partial charge in [-0.3, -0.25) is 0 Å². The summed E-state index contributed by atoms with van der Waals surface area (Å²) in [5.41, 5.74) is 0.121. The van der Waals surface area contributed by atoms with Gasteiger partial charge < -0.3 is 15.5 Å². The smallest absolute Gasteiger partial charge is 0.357 e. The van der Waals surface area contributed by atoms with Crippen LogP contribution >= 0.6 is 0 Å². The van der Waals surface area contributed by atoms with Crippen molar-refractivity contribution in [2.75, 3.05) is 32.7 Å². The quantitative estimate of drug-likeness (QED) is 0.608. The van der Waals surface area contributed by atoms with Crippen LogP contribution < -0.4 is 10.6 Å². The Hall–Kier alpha value is -1.76. The number of hydrogen-bond acceptors (Lipinski definition) is 2. The summed E-state index contributed by atoms with van der Waals surface area (Å²) < 4.78 is 37.8. The second-order valence-corrected chi connectivity index (χ2v) is 6.32. The number of guanidine groups is 1. The van der Waals surface area contributed by atoms with Crippen molar-refractivity contribution < 1.29 is 13.2 Å². The number of likely N-dealkylation sites (tertiary alicyclic amines) is 1. The Bertz CT molecular complexity index is 554. The van der Waals surface area contributed by atoms with Crippen molar-refractivity contribution in [2.45, 2.75) is 33.0 Å². The average Bonchev–Trinajstić information content (AvgIpc) is 3.05. The van der Waals surface area contributed by atoms with Gasteiger partial charge in [0.05, 0.1) is 12.1 Å². The van der Waals surface area contributed by atoms with E-state index < -0.39 is 11.7 Å². The highest BCUT2D eigenvalue weighted by molar-refractivity contribution is 5.79. The highest BCUT2D eigenvalue weighted by atomic mass is 19.4. The molecule has 1 heterocycles. The summed E-state index contributed by atoms with van der Waals surface area (Å²) in [5.74, 6) is 1.31. The van der Waals surface area contributed by atoms with E-state index >= 15 is 0 Å². The number of alkyl halides is 3. The summed E-state index contributed by atoms with van der Waals surface area (Å²) in [5, 5.41) is 6.53. The molecule has 0 spiro atoms. The number of nitrogens with zero attached hydrogens (tertiary/aromatic N) is 2. The summed E-state index contributed by atoms with van der Waals surface area (Å²) in [6, 6.07) is 5.16. The van der Waals surface area contributed by atoms with Crippen LogP contribution in [0.2, 0.25) is 0 Å². The third-order valence-electron chi connectivity index (χ3n) is 4.42. The molecule has 2 N–H and O–H groups in total. The van der Waals surface area contributed by atoms with Crippen molar-refractivity contribution in [3.63, 3.8) is 0 Å². The van der Waals surface area contributed by atoms with Gasteiger partial charge in [0.1, 0.15) is 0 Å². The van der Waals surface area contributed by atoms with Gasteiger partial charge in [-0.25, -0.2) is 4.99 Å². The molecule has 1 saturated heterocycles. The van der Waals surface area contributed by atoms with Crippen LogP contribution in [-0.2, 0) is 12.7 Å². The topological polar surface area (TPSA) is 39.7 Å². The van der Waals surface area contributed by atoms with E-state index in [1.54, 1.807) is 0 Å². The Balaban J connectivity index is 1.88. The third kappa shape index (κ3) is 6.23. The lowest BCUT2D eigenvalue weighted by Gasteiger charge is -2.16. The third-order valence-corrected chi connectivity index (χ3v) is 4.42. The molecule has 1 aliphatic rings. The second-order valence-electron chi connectivity index (χ2n) is 6.32. The minimum absolute atomic E-state index is 0.346. The molecule has 0 aromatic heterocycles. The summed E-state index contributed by atoms with van der Waals surface area (Å²) in [6.45, 7) is 9.43. The highest BCUT2D eigenvalue weighted by Crippen LogP contribution is 2.29. The van der Waals surface area contributed by atoms with Gasteiger partial charge in [0.2, 0.25) is 0 Å². The standard InChI is InChI=1S/C18H27F3N4/c1-3-22-17(24-12-15-9-10-25(4-2)13-15)23-11-14-5-7-16(8-6-14)18(19,20)21/h5-8,15H,3-4,9-13H2,1-2H3,(H2,22,23,24). The Labute approximate surface area is 147 Å². The minimum Gasteiger partial charge on any atom is -0.357 e. The first-order valence-corrected chi connectivity index (χ1v) is 8.83. The van der Waals surface area contributed by atoms with Crippen LogP contribution in [-0.4, -0.2) is 43.6 Å². The molecule has 25 heavy (non-hydrogen) atoms. The van der Waals surface area contributed by atoms with Gasteiger partial charge in [0, 0.05) is 19.6 Å². The van der Waals surface area contributed by atoms with E-state index in [0.29, 0.717) is 18.4 Å². The lowest BCUT2D eigenvalue weighted by Crippen LogP contribution is -2.40. The van der Waals surface area contributed by atoms with Crippen LogP contribution in [0.3, 0.4) is 0 Å². The maximum Gasteiger partial charge on any atom is 0.416 e. The Kier molecular flexibility index (Phi) is 7.11. The summed E-state index contributed by atoms with van der Waals surface area (Å²) in [6.07, 6.45) is -3.12. The first-order valence-electron chi connectivity index (χ1n) is 8.83. The van der Waals surface area contributed by atoms with E-state index in [2.05, 4.69) is 27.4 Å². The average molecular weight is 356 g/mol. The number of aliphatic imine (C=N–C) groups is 1. The largest absolute Gasteiger partial charge is 0.416 e. The molecule has 0 radical (unpaired) electrons. The highest BCUT2D eigenvalue weighted by Gasteiger charge is 2.29. The number of halogens is 3. The number of nitrogens with one attached hydrogen (secondary N) is 2. The van der Waals surface area contributed by atoms with Gasteiger partial charge in [-0.1, -0.05) is 19.1 Å². The van der Waals surface area contributed by atoms with Crippen molar-refractivity contribution in [1.29, 1.82) is 0 Å². The van der Waals surface area contributed by atoms with Crippen LogP contribution in [0.4, 0.5) is 13.2 Å². The predicted octanol–water partition coefficient (Wildman–Crippen LogP) is 3.10. The Morgan fingerprint density at radius 2 is 1.92 bits per heavy atom. The maximum absolute atomic E-state index is 12.6. The fourth-order valence-corrected chi connectivity index (χ4v) is 2.92. The van der Waals surface area contributed by atoms with Gasteiger partial charge in [0.15, 0.2) is 5.96 Å². The van der Waals surface area contributed by atoms with Gasteiger partial charge in [0.25, 0.3) is 0 Å². The fourth-order valence-electron chi connectivity index (χ4n) is 2.92. The van der Waals surface area contributed by atoms with E-state index in [0.717, 1.165) is 50.4 Å². The van der Waals surface area contributed by atoms with Gasteiger partial charge in [-0.2, -0.15) is 13.2 Å². The van der Waals surface area contributed by atoms with Crippen molar-refractivity contribution >= 4 is 5.96 Å². The van der Waals surface area contributed by atoms with Crippen LogP contribution in [0.15, 0.2) is 29.3 Å². The Morgan fingerprint density at radius 1 is 1.20 bits per heavy atom. The van der Waals surface area contributed by atoms with E-state index in [1.165, 1.54) is 18.6 Å². The molecule has 1 unspecified atom stereocenters. The first kappa shape index (κ1) is 19.6. The molecule has 1 fully saturated rings. The molecule has 0 aliphatic carbocycles. The SMILES string of the molecule is CCNC(=NCc1ccc(C(F)(F)F)cc1)NCC1CCN(CC)C1. The van der Waals surface area contributed by atoms with Gasteiger partial charge >= 0.3 is 6.18 Å². The summed E-state index contributed by atoms with van der Waals surface area (Å²) in [4.78, 5) is 6.90. The van der Waals surface area contributed by atoms with Crippen LogP contribution in [0.5, 0.6) is 0 Å². The molecule has 2 rings (SSSR count). The molecule has 1 aliphatic heterocycles. The van der Waals surface area contributed by atoms with Crippen LogP contribution in [0, 0.1) is 5.92 Å². The van der Waals surface area contributed by atoms with Crippen molar-refractivity contribution in [2.24, 2.45) is 10.9 Å². The molecule has 1 aromatic carbocycles. The number of rotatable bonds is 6. The molecule has 7 heteroatoms. The predicted molar refractivity (Wildman–Crippen MR) is 94.5 cm³/mol. The van der Waals surface area contributed by atoms with E-state index in [1.807, 2.05) is 6.92 Å². The van der Waals surface area contributed by atoms with Crippen molar-refractivity contribution in [3.05, 3.63) is 35.4 Å². The molecule has 1 atom stereocenters. The lowest BCUT2D eigenvalue weighted by atomic mass is 10.1. The van der Waals surface area contributed by atoms with Crippen LogP contribution in [0.1, 0.15) is 31.4 Å². The molecule has 140 valence electrons. The van der Waals surface area contributed by atoms with E-state index in [4.69, 9.17) is 0 Å². The molecule has 4 nitrogen and oxygen atoms in total. The number of hydrogen-bond donors (Lipinski definition) is 2. The summed E-state index contributed by atoms with van der Waals surface area (Å²) in [7, 11) is 0. The van der Waals surface area contributed by atoms with E-state index in [-0.39, 0.29) is 0 Å². The molecular formula is C18H27F3N4.